The van der Waals surface area contributed by atoms with Crippen molar-refractivity contribution < 1.29 is 4.79 Å². The van der Waals surface area contributed by atoms with Crippen LogP contribution in [0.15, 0.2) is 54.9 Å². The van der Waals surface area contributed by atoms with Crippen LogP contribution in [0.5, 0.6) is 0 Å². The number of pyridine rings is 1. The molecule has 0 saturated carbocycles. The van der Waals surface area contributed by atoms with E-state index in [0.29, 0.717) is 16.9 Å². The molecule has 0 aliphatic rings. The van der Waals surface area contributed by atoms with Gasteiger partial charge in [0, 0.05) is 45.8 Å². The zero-order valence-electron chi connectivity index (χ0n) is 11.2. The Morgan fingerprint density at radius 3 is 2.57 bits per heavy atom. The number of fused-ring (bicyclic) bond motifs is 1. The summed E-state index contributed by atoms with van der Waals surface area (Å²) in [6, 6.07) is 12.3. The summed E-state index contributed by atoms with van der Waals surface area (Å²) in [6.45, 7) is 0. The van der Waals surface area contributed by atoms with Gasteiger partial charge in [0.15, 0.2) is 0 Å². The van der Waals surface area contributed by atoms with Crippen LogP contribution in [-0.2, 0) is 0 Å². The van der Waals surface area contributed by atoms with Crippen LogP contribution in [-0.4, -0.2) is 10.9 Å². The number of nitrogens with one attached hydrogen (secondary N) is 1. The highest BCUT2D eigenvalue weighted by Gasteiger charge is 2.09. The summed E-state index contributed by atoms with van der Waals surface area (Å²) in [5, 5.41) is 4.77. The van der Waals surface area contributed by atoms with Gasteiger partial charge in [0.05, 0.1) is 0 Å². The van der Waals surface area contributed by atoms with Crippen LogP contribution in [0.4, 0.5) is 17.1 Å². The highest BCUT2D eigenvalue weighted by atomic mass is 16.1. The average molecular weight is 278 g/mol. The molecule has 1 amide bonds. The molecular formula is C16H14N4O. The number of hydrogen-bond acceptors (Lipinski definition) is 4. The van der Waals surface area contributed by atoms with Crippen LogP contribution in [0.1, 0.15) is 10.4 Å². The van der Waals surface area contributed by atoms with Crippen molar-refractivity contribution in [3.05, 3.63) is 60.4 Å². The van der Waals surface area contributed by atoms with E-state index in [1.807, 2.05) is 24.3 Å². The first-order valence-corrected chi connectivity index (χ1v) is 6.43. The number of rotatable bonds is 2. The van der Waals surface area contributed by atoms with E-state index in [1.165, 1.54) is 0 Å². The molecule has 0 radical (unpaired) electrons. The maximum Gasteiger partial charge on any atom is 0.255 e. The number of aromatic nitrogens is 1. The van der Waals surface area contributed by atoms with Crippen molar-refractivity contribution in [2.75, 3.05) is 16.8 Å². The molecule has 1 aromatic heterocycles. The minimum Gasteiger partial charge on any atom is -0.399 e. The molecule has 3 aromatic rings. The van der Waals surface area contributed by atoms with Crippen LogP contribution in [0.2, 0.25) is 0 Å². The van der Waals surface area contributed by atoms with Crippen LogP contribution >= 0.6 is 0 Å². The van der Waals surface area contributed by atoms with Gasteiger partial charge < -0.3 is 16.8 Å². The van der Waals surface area contributed by atoms with E-state index in [9.17, 15) is 4.79 Å². The smallest absolute Gasteiger partial charge is 0.255 e. The summed E-state index contributed by atoms with van der Waals surface area (Å²) < 4.78 is 0. The Labute approximate surface area is 121 Å². The quantitative estimate of drug-likeness (QED) is 0.628. The normalized spacial score (nSPS) is 10.5. The highest BCUT2D eigenvalue weighted by Crippen LogP contribution is 2.23. The Morgan fingerprint density at radius 1 is 1.05 bits per heavy atom. The predicted octanol–water partition coefficient (Wildman–Crippen LogP) is 2.65. The number of nitrogen functional groups attached to an aromatic ring is 2. The molecule has 5 nitrogen and oxygen atoms in total. The van der Waals surface area contributed by atoms with E-state index in [0.717, 1.165) is 16.5 Å². The summed E-state index contributed by atoms with van der Waals surface area (Å²) in [5.74, 6) is -0.252. The summed E-state index contributed by atoms with van der Waals surface area (Å²) in [7, 11) is 0. The molecule has 0 aliphatic heterocycles. The number of nitrogens with two attached hydrogens (primary N) is 2. The first-order chi connectivity index (χ1) is 10.1. The van der Waals surface area contributed by atoms with Crippen molar-refractivity contribution >= 4 is 33.7 Å². The first kappa shape index (κ1) is 12.9. The molecule has 0 atom stereocenters. The Kier molecular flexibility index (Phi) is 3.16. The molecule has 5 heteroatoms. The Balaban J connectivity index is 1.96. The van der Waals surface area contributed by atoms with Gasteiger partial charge in [0.1, 0.15) is 0 Å². The van der Waals surface area contributed by atoms with Crippen LogP contribution in [0.3, 0.4) is 0 Å². The van der Waals surface area contributed by atoms with Crippen molar-refractivity contribution in [3.63, 3.8) is 0 Å². The molecule has 0 saturated heterocycles. The fraction of sp³-hybridized carbons (Fsp3) is 0. The molecule has 5 N–H and O–H groups in total. The summed E-state index contributed by atoms with van der Waals surface area (Å²) in [5.41, 5.74) is 13.5. The second-order valence-electron chi connectivity index (χ2n) is 4.74. The molecule has 0 bridgehead atoms. The van der Waals surface area contributed by atoms with E-state index in [-0.39, 0.29) is 5.91 Å². The SMILES string of the molecule is Nc1cc(N)cc(C(=O)Nc2cccc3cnccc23)c1. The molecule has 2 aromatic carbocycles. The molecular weight excluding hydrogens is 264 g/mol. The fourth-order valence-electron chi connectivity index (χ4n) is 2.23. The Hall–Kier alpha value is -3.08. The topological polar surface area (TPSA) is 94.0 Å². The monoisotopic (exact) mass is 278 g/mol. The third-order valence-electron chi connectivity index (χ3n) is 3.17. The van der Waals surface area contributed by atoms with Crippen molar-refractivity contribution in [1.82, 2.24) is 4.98 Å². The predicted molar refractivity (Wildman–Crippen MR) is 85.0 cm³/mol. The maximum atomic E-state index is 12.3. The van der Waals surface area contributed by atoms with Crippen molar-refractivity contribution in [2.24, 2.45) is 0 Å². The lowest BCUT2D eigenvalue weighted by atomic mass is 10.1. The number of carbonyl (C=O) groups excluding carboxylic acids is 1. The molecule has 0 aliphatic carbocycles. The van der Waals surface area contributed by atoms with Gasteiger partial charge in [0.2, 0.25) is 0 Å². The number of anilines is 3. The average Bonchev–Trinajstić information content (AvgIpc) is 2.46. The second kappa shape index (κ2) is 5.13. The molecule has 0 unspecified atom stereocenters. The van der Waals surface area contributed by atoms with Gasteiger partial charge in [-0.3, -0.25) is 9.78 Å². The lowest BCUT2D eigenvalue weighted by Gasteiger charge is -2.09. The molecule has 0 spiro atoms. The van der Waals surface area contributed by atoms with Gasteiger partial charge in [-0.15, -0.1) is 0 Å². The lowest BCUT2D eigenvalue weighted by molar-refractivity contribution is 0.102. The largest absolute Gasteiger partial charge is 0.399 e. The highest BCUT2D eigenvalue weighted by molar-refractivity contribution is 6.09. The molecule has 0 fully saturated rings. The van der Waals surface area contributed by atoms with Crippen LogP contribution in [0, 0.1) is 0 Å². The van der Waals surface area contributed by atoms with Crippen molar-refractivity contribution in [1.29, 1.82) is 0 Å². The van der Waals surface area contributed by atoms with Crippen LogP contribution in [0.25, 0.3) is 10.8 Å². The van der Waals surface area contributed by atoms with Gasteiger partial charge >= 0.3 is 0 Å². The number of carbonyl (C=O) groups is 1. The summed E-state index contributed by atoms with van der Waals surface area (Å²) in [6.07, 6.45) is 3.44. The van der Waals surface area contributed by atoms with Gasteiger partial charge in [0.25, 0.3) is 5.91 Å². The third kappa shape index (κ3) is 2.62. The Bertz CT molecular complexity index is 804. The zero-order valence-corrected chi connectivity index (χ0v) is 11.2. The van der Waals surface area contributed by atoms with Gasteiger partial charge in [-0.25, -0.2) is 0 Å². The standard InChI is InChI=1S/C16H14N4O/c17-12-6-11(7-13(18)8-12)16(21)20-15-3-1-2-10-9-19-5-4-14(10)15/h1-9H,17-18H2,(H,20,21). The summed E-state index contributed by atoms with van der Waals surface area (Å²) >= 11 is 0. The Morgan fingerprint density at radius 2 is 1.81 bits per heavy atom. The van der Waals surface area contributed by atoms with E-state index in [4.69, 9.17) is 11.5 Å². The number of benzene rings is 2. The van der Waals surface area contributed by atoms with E-state index in [1.54, 1.807) is 30.6 Å². The van der Waals surface area contributed by atoms with Crippen molar-refractivity contribution in [3.8, 4) is 0 Å². The number of nitrogens with zero attached hydrogens (tertiary/aromatic N) is 1. The number of amides is 1. The molecule has 104 valence electrons. The van der Waals surface area contributed by atoms with Gasteiger partial charge in [-0.2, -0.15) is 0 Å². The van der Waals surface area contributed by atoms with E-state index >= 15 is 0 Å². The van der Waals surface area contributed by atoms with Gasteiger partial charge in [-0.05, 0) is 30.3 Å². The third-order valence-corrected chi connectivity index (χ3v) is 3.17. The molecule has 3 rings (SSSR count). The fourth-order valence-corrected chi connectivity index (χ4v) is 2.23. The number of hydrogen-bond donors (Lipinski definition) is 3. The minimum atomic E-state index is -0.252. The molecule has 1 heterocycles. The second-order valence-corrected chi connectivity index (χ2v) is 4.74. The van der Waals surface area contributed by atoms with Crippen molar-refractivity contribution in [2.45, 2.75) is 0 Å². The van der Waals surface area contributed by atoms with Crippen LogP contribution < -0.4 is 16.8 Å². The molecule has 21 heavy (non-hydrogen) atoms. The van der Waals surface area contributed by atoms with Gasteiger partial charge in [-0.1, -0.05) is 12.1 Å². The maximum absolute atomic E-state index is 12.3. The van der Waals surface area contributed by atoms with E-state index in [2.05, 4.69) is 10.3 Å². The minimum absolute atomic E-state index is 0.252. The summed E-state index contributed by atoms with van der Waals surface area (Å²) in [4.78, 5) is 16.4. The lowest BCUT2D eigenvalue weighted by Crippen LogP contribution is -2.13. The first-order valence-electron chi connectivity index (χ1n) is 6.43. The zero-order chi connectivity index (χ0) is 14.8. The van der Waals surface area contributed by atoms with E-state index < -0.39 is 0 Å².